The molecule has 0 saturated carbocycles. The number of hydrogen-bond acceptors (Lipinski definition) is 3. The number of rotatable bonds is 6. The molecule has 1 heterocycles. The van der Waals surface area contributed by atoms with Crippen molar-refractivity contribution in [2.45, 2.75) is 38.3 Å². The lowest BCUT2D eigenvalue weighted by atomic mass is 9.94. The van der Waals surface area contributed by atoms with Crippen LogP contribution in [0.5, 0.6) is 0 Å². The molecule has 0 radical (unpaired) electrons. The maximum atomic E-state index is 12.0. The van der Waals surface area contributed by atoms with E-state index in [1.807, 2.05) is 25.1 Å². The van der Waals surface area contributed by atoms with E-state index in [2.05, 4.69) is 17.4 Å². The molecule has 0 aliphatic carbocycles. The number of carbonyl (C=O) groups is 1. The molecule has 3 atom stereocenters. The van der Waals surface area contributed by atoms with Gasteiger partial charge in [-0.3, -0.25) is 4.79 Å². The molecule has 110 valence electrons. The molecular formula is C16H24N2O2. The number of hydrogen-bond donors (Lipinski definition) is 2. The summed E-state index contributed by atoms with van der Waals surface area (Å²) < 4.78 is 5.43. The van der Waals surface area contributed by atoms with Gasteiger partial charge in [-0.25, -0.2) is 0 Å². The van der Waals surface area contributed by atoms with Crippen molar-refractivity contribution in [3.63, 3.8) is 0 Å². The summed E-state index contributed by atoms with van der Waals surface area (Å²) in [6, 6.07) is 10.1. The topological polar surface area (TPSA) is 64.4 Å². The first-order chi connectivity index (χ1) is 9.65. The second-order valence-electron chi connectivity index (χ2n) is 5.68. The molecule has 20 heavy (non-hydrogen) atoms. The van der Waals surface area contributed by atoms with Gasteiger partial charge in [0.25, 0.3) is 0 Å². The van der Waals surface area contributed by atoms with Crippen LogP contribution in [0.25, 0.3) is 0 Å². The first-order valence-electron chi connectivity index (χ1n) is 7.32. The van der Waals surface area contributed by atoms with Gasteiger partial charge < -0.3 is 15.8 Å². The summed E-state index contributed by atoms with van der Waals surface area (Å²) in [4.78, 5) is 12.0. The molecule has 0 bridgehead atoms. The lowest BCUT2D eigenvalue weighted by Gasteiger charge is -2.22. The monoisotopic (exact) mass is 276 g/mol. The number of amides is 1. The standard InChI is InChI=1S/C16H24N2O2/c1-12(17)9-16(19)18-15(10-13-7-8-20-11-13)14-5-3-2-4-6-14/h2-6,12-13,15H,7-11,17H2,1H3,(H,18,19). The van der Waals surface area contributed by atoms with Crippen LogP contribution in [0.2, 0.25) is 0 Å². The molecule has 4 nitrogen and oxygen atoms in total. The van der Waals surface area contributed by atoms with Crippen molar-refractivity contribution >= 4 is 5.91 Å². The number of nitrogens with two attached hydrogens (primary N) is 1. The molecule has 2 rings (SSSR count). The highest BCUT2D eigenvalue weighted by Gasteiger charge is 2.23. The number of ether oxygens (including phenoxy) is 1. The normalized spacial score (nSPS) is 21.4. The van der Waals surface area contributed by atoms with Crippen molar-refractivity contribution in [2.24, 2.45) is 11.7 Å². The molecule has 1 aliphatic rings. The zero-order chi connectivity index (χ0) is 14.4. The molecule has 4 heteroatoms. The van der Waals surface area contributed by atoms with E-state index in [-0.39, 0.29) is 18.0 Å². The van der Waals surface area contributed by atoms with Crippen molar-refractivity contribution in [3.8, 4) is 0 Å². The summed E-state index contributed by atoms with van der Waals surface area (Å²) in [5.41, 5.74) is 6.84. The van der Waals surface area contributed by atoms with E-state index < -0.39 is 0 Å². The van der Waals surface area contributed by atoms with E-state index in [1.54, 1.807) is 0 Å². The Labute approximate surface area is 120 Å². The minimum absolute atomic E-state index is 0.0211. The lowest BCUT2D eigenvalue weighted by Crippen LogP contribution is -2.33. The zero-order valence-corrected chi connectivity index (χ0v) is 12.0. The highest BCUT2D eigenvalue weighted by Crippen LogP contribution is 2.26. The van der Waals surface area contributed by atoms with Gasteiger partial charge in [0.05, 0.1) is 6.04 Å². The minimum Gasteiger partial charge on any atom is -0.381 e. The summed E-state index contributed by atoms with van der Waals surface area (Å²) in [5.74, 6) is 0.545. The molecule has 1 aliphatic heterocycles. The number of benzene rings is 1. The molecule has 1 saturated heterocycles. The van der Waals surface area contributed by atoms with E-state index in [0.29, 0.717) is 12.3 Å². The highest BCUT2D eigenvalue weighted by atomic mass is 16.5. The van der Waals surface area contributed by atoms with Gasteiger partial charge in [0.15, 0.2) is 0 Å². The van der Waals surface area contributed by atoms with Gasteiger partial charge in [0.2, 0.25) is 5.91 Å². The van der Waals surface area contributed by atoms with Crippen LogP contribution in [0.15, 0.2) is 30.3 Å². The molecule has 1 aromatic carbocycles. The van der Waals surface area contributed by atoms with Gasteiger partial charge in [0, 0.05) is 25.7 Å². The van der Waals surface area contributed by atoms with Crippen molar-refractivity contribution in [3.05, 3.63) is 35.9 Å². The van der Waals surface area contributed by atoms with Crippen molar-refractivity contribution in [2.75, 3.05) is 13.2 Å². The average molecular weight is 276 g/mol. The van der Waals surface area contributed by atoms with Crippen LogP contribution in [0.1, 0.15) is 37.8 Å². The fraction of sp³-hybridized carbons (Fsp3) is 0.562. The molecule has 0 aromatic heterocycles. The smallest absolute Gasteiger partial charge is 0.222 e. The van der Waals surface area contributed by atoms with E-state index in [0.717, 1.165) is 31.6 Å². The van der Waals surface area contributed by atoms with E-state index in [9.17, 15) is 4.79 Å². The zero-order valence-electron chi connectivity index (χ0n) is 12.0. The Morgan fingerprint density at radius 1 is 1.45 bits per heavy atom. The van der Waals surface area contributed by atoms with Crippen molar-refractivity contribution < 1.29 is 9.53 Å². The molecule has 1 amide bonds. The van der Waals surface area contributed by atoms with Gasteiger partial charge in [0.1, 0.15) is 0 Å². The van der Waals surface area contributed by atoms with Crippen LogP contribution >= 0.6 is 0 Å². The molecule has 3 N–H and O–H groups in total. The fourth-order valence-electron chi connectivity index (χ4n) is 2.61. The lowest BCUT2D eigenvalue weighted by molar-refractivity contribution is -0.122. The van der Waals surface area contributed by atoms with E-state index in [4.69, 9.17) is 10.5 Å². The Morgan fingerprint density at radius 3 is 2.80 bits per heavy atom. The third-order valence-electron chi connectivity index (χ3n) is 3.64. The average Bonchev–Trinajstić information content (AvgIpc) is 2.91. The number of carbonyl (C=O) groups excluding carboxylic acids is 1. The van der Waals surface area contributed by atoms with E-state index >= 15 is 0 Å². The first-order valence-corrected chi connectivity index (χ1v) is 7.32. The van der Waals surface area contributed by atoms with Gasteiger partial charge in [-0.1, -0.05) is 30.3 Å². The SMILES string of the molecule is CC(N)CC(=O)NC(CC1CCOC1)c1ccccc1. The summed E-state index contributed by atoms with van der Waals surface area (Å²) in [5, 5.41) is 3.12. The second kappa shape index (κ2) is 7.41. The van der Waals surface area contributed by atoms with E-state index in [1.165, 1.54) is 0 Å². The van der Waals surface area contributed by atoms with Crippen LogP contribution in [0.3, 0.4) is 0 Å². The van der Waals surface area contributed by atoms with Crippen molar-refractivity contribution in [1.82, 2.24) is 5.32 Å². The largest absolute Gasteiger partial charge is 0.381 e. The van der Waals surface area contributed by atoms with Crippen LogP contribution in [-0.4, -0.2) is 25.2 Å². The van der Waals surface area contributed by atoms with Crippen LogP contribution in [0, 0.1) is 5.92 Å². The van der Waals surface area contributed by atoms with Crippen LogP contribution in [-0.2, 0) is 9.53 Å². The van der Waals surface area contributed by atoms with Crippen molar-refractivity contribution in [1.29, 1.82) is 0 Å². The second-order valence-corrected chi connectivity index (χ2v) is 5.68. The van der Waals surface area contributed by atoms with Gasteiger partial charge in [-0.2, -0.15) is 0 Å². The molecular weight excluding hydrogens is 252 g/mol. The first kappa shape index (κ1) is 15.0. The number of nitrogens with one attached hydrogen (secondary N) is 1. The molecule has 1 aromatic rings. The predicted molar refractivity (Wildman–Crippen MR) is 79.1 cm³/mol. The predicted octanol–water partition coefficient (Wildman–Crippen LogP) is 2.01. The molecule has 3 unspecified atom stereocenters. The third-order valence-corrected chi connectivity index (χ3v) is 3.64. The summed E-state index contributed by atoms with van der Waals surface area (Å²) >= 11 is 0. The Morgan fingerprint density at radius 2 is 2.20 bits per heavy atom. The Hall–Kier alpha value is -1.39. The van der Waals surface area contributed by atoms with Crippen LogP contribution in [0.4, 0.5) is 0 Å². The third kappa shape index (κ3) is 4.62. The van der Waals surface area contributed by atoms with Gasteiger partial charge >= 0.3 is 0 Å². The maximum absolute atomic E-state index is 12.0. The minimum atomic E-state index is -0.110. The summed E-state index contributed by atoms with van der Waals surface area (Å²) in [6.07, 6.45) is 2.37. The molecule has 1 fully saturated rings. The summed E-state index contributed by atoms with van der Waals surface area (Å²) in [7, 11) is 0. The Balaban J connectivity index is 2.01. The van der Waals surface area contributed by atoms with Gasteiger partial charge in [-0.05, 0) is 31.2 Å². The molecule has 0 spiro atoms. The maximum Gasteiger partial charge on any atom is 0.222 e. The summed E-state index contributed by atoms with van der Waals surface area (Å²) in [6.45, 7) is 3.48. The quantitative estimate of drug-likeness (QED) is 0.835. The highest BCUT2D eigenvalue weighted by molar-refractivity contribution is 5.77. The fourth-order valence-corrected chi connectivity index (χ4v) is 2.61. The Bertz CT molecular complexity index is 414. The van der Waals surface area contributed by atoms with Crippen LogP contribution < -0.4 is 11.1 Å². The van der Waals surface area contributed by atoms with Gasteiger partial charge in [-0.15, -0.1) is 0 Å². The Kier molecular flexibility index (Phi) is 5.56.